The number of halogens is 1. The van der Waals surface area contributed by atoms with Crippen molar-refractivity contribution in [2.45, 2.75) is 31.9 Å². The summed E-state index contributed by atoms with van der Waals surface area (Å²) in [4.78, 5) is 12.0. The van der Waals surface area contributed by atoms with Crippen molar-refractivity contribution in [2.75, 3.05) is 32.9 Å². The molecule has 2 fully saturated rings. The first-order valence-corrected chi connectivity index (χ1v) is 6.48. The first kappa shape index (κ1) is 15.7. The summed E-state index contributed by atoms with van der Waals surface area (Å²) >= 11 is 0. The highest BCUT2D eigenvalue weighted by atomic mass is 35.5. The van der Waals surface area contributed by atoms with E-state index in [4.69, 9.17) is 9.47 Å². The first-order valence-electron chi connectivity index (χ1n) is 6.48. The Kier molecular flexibility index (Phi) is 6.92. The minimum atomic E-state index is -0.215. The van der Waals surface area contributed by atoms with Crippen LogP contribution in [0.5, 0.6) is 0 Å². The van der Waals surface area contributed by atoms with E-state index in [2.05, 4.69) is 10.6 Å². The zero-order chi connectivity index (χ0) is 12.1. The van der Waals surface area contributed by atoms with Gasteiger partial charge in [0.15, 0.2) is 0 Å². The molecule has 0 spiro atoms. The summed E-state index contributed by atoms with van der Waals surface area (Å²) in [7, 11) is 0. The maximum atomic E-state index is 12.0. The lowest BCUT2D eigenvalue weighted by Crippen LogP contribution is -2.56. The number of ether oxygens (including phenoxy) is 2. The summed E-state index contributed by atoms with van der Waals surface area (Å²) in [6.07, 6.45) is 2.19. The van der Waals surface area contributed by atoms with Crippen LogP contribution in [0.1, 0.15) is 19.8 Å². The van der Waals surface area contributed by atoms with E-state index in [0.717, 1.165) is 32.6 Å². The molecule has 0 bridgehead atoms. The fraction of sp³-hybridized carbons (Fsp3) is 0.917. The molecule has 2 saturated heterocycles. The number of rotatable bonds is 3. The molecule has 18 heavy (non-hydrogen) atoms. The molecule has 0 radical (unpaired) electrons. The van der Waals surface area contributed by atoms with E-state index >= 15 is 0 Å². The maximum Gasteiger partial charge on any atom is 0.239 e. The van der Waals surface area contributed by atoms with Crippen LogP contribution in [0, 0.1) is 5.92 Å². The number of morpholine rings is 1. The van der Waals surface area contributed by atoms with Gasteiger partial charge >= 0.3 is 0 Å². The van der Waals surface area contributed by atoms with Crippen LogP contribution in [0.25, 0.3) is 0 Å². The van der Waals surface area contributed by atoms with Crippen molar-refractivity contribution in [1.82, 2.24) is 10.6 Å². The van der Waals surface area contributed by atoms with E-state index in [1.54, 1.807) is 0 Å². The van der Waals surface area contributed by atoms with Gasteiger partial charge in [0.1, 0.15) is 6.04 Å². The van der Waals surface area contributed by atoms with Crippen molar-refractivity contribution in [3.05, 3.63) is 0 Å². The molecule has 0 aromatic carbocycles. The summed E-state index contributed by atoms with van der Waals surface area (Å²) in [6, 6.07) is -0.215. The van der Waals surface area contributed by atoms with Crippen LogP contribution in [0.3, 0.4) is 0 Å². The highest BCUT2D eigenvalue weighted by Crippen LogP contribution is 2.12. The van der Waals surface area contributed by atoms with Gasteiger partial charge in [0.2, 0.25) is 5.91 Å². The Morgan fingerprint density at radius 3 is 2.94 bits per heavy atom. The molecule has 0 aromatic rings. The SMILES string of the molecule is C[C@H]1OCCN[C@@H]1C(=O)NCC1CCCOC1.Cl. The third-order valence-corrected chi connectivity index (χ3v) is 3.42. The minimum absolute atomic E-state index is 0. The normalized spacial score (nSPS) is 32.4. The van der Waals surface area contributed by atoms with Crippen molar-refractivity contribution in [1.29, 1.82) is 0 Å². The molecule has 0 saturated carbocycles. The van der Waals surface area contributed by atoms with Crippen LogP contribution in [0.2, 0.25) is 0 Å². The number of amides is 1. The van der Waals surface area contributed by atoms with Crippen molar-refractivity contribution >= 4 is 18.3 Å². The van der Waals surface area contributed by atoms with Gasteiger partial charge in [0, 0.05) is 19.7 Å². The number of nitrogens with one attached hydrogen (secondary N) is 2. The smallest absolute Gasteiger partial charge is 0.239 e. The van der Waals surface area contributed by atoms with Gasteiger partial charge in [0.25, 0.3) is 0 Å². The van der Waals surface area contributed by atoms with E-state index in [1.165, 1.54) is 0 Å². The highest BCUT2D eigenvalue weighted by Gasteiger charge is 2.28. The third-order valence-electron chi connectivity index (χ3n) is 3.42. The molecular formula is C12H23ClN2O3. The Labute approximate surface area is 114 Å². The van der Waals surface area contributed by atoms with Crippen LogP contribution >= 0.6 is 12.4 Å². The lowest BCUT2D eigenvalue weighted by Gasteiger charge is -2.30. The van der Waals surface area contributed by atoms with E-state index in [9.17, 15) is 4.79 Å². The largest absolute Gasteiger partial charge is 0.381 e. The lowest BCUT2D eigenvalue weighted by molar-refractivity contribution is -0.129. The second-order valence-electron chi connectivity index (χ2n) is 4.84. The number of carbonyl (C=O) groups is 1. The molecule has 5 nitrogen and oxygen atoms in total. The number of hydrogen-bond acceptors (Lipinski definition) is 4. The molecule has 2 aliphatic heterocycles. The summed E-state index contributed by atoms with van der Waals surface area (Å²) in [5, 5.41) is 6.18. The van der Waals surface area contributed by atoms with E-state index in [1.807, 2.05) is 6.92 Å². The maximum absolute atomic E-state index is 12.0. The van der Waals surface area contributed by atoms with Gasteiger partial charge in [0.05, 0.1) is 19.3 Å². The van der Waals surface area contributed by atoms with Crippen LogP contribution in [-0.2, 0) is 14.3 Å². The van der Waals surface area contributed by atoms with Crippen LogP contribution in [0.15, 0.2) is 0 Å². The molecule has 106 valence electrons. The predicted octanol–water partition coefficient (Wildman–Crippen LogP) is 0.328. The number of hydrogen-bond donors (Lipinski definition) is 2. The molecule has 0 aromatic heterocycles. The summed E-state index contributed by atoms with van der Waals surface area (Å²) < 4.78 is 10.8. The Bertz CT molecular complexity index is 260. The quantitative estimate of drug-likeness (QED) is 0.781. The van der Waals surface area contributed by atoms with Gasteiger partial charge in [-0.05, 0) is 25.7 Å². The van der Waals surface area contributed by atoms with Crippen LogP contribution in [-0.4, -0.2) is 51.0 Å². The summed E-state index contributed by atoms with van der Waals surface area (Å²) in [6.45, 7) is 5.70. The fourth-order valence-electron chi connectivity index (χ4n) is 2.35. The second kappa shape index (κ2) is 7.94. The van der Waals surface area contributed by atoms with Crippen molar-refractivity contribution < 1.29 is 14.3 Å². The monoisotopic (exact) mass is 278 g/mol. The van der Waals surface area contributed by atoms with Crippen molar-refractivity contribution in [3.8, 4) is 0 Å². The molecular weight excluding hydrogens is 256 g/mol. The Morgan fingerprint density at radius 1 is 1.44 bits per heavy atom. The fourth-order valence-corrected chi connectivity index (χ4v) is 2.35. The number of carbonyl (C=O) groups excluding carboxylic acids is 1. The van der Waals surface area contributed by atoms with Gasteiger partial charge in [-0.15, -0.1) is 12.4 Å². The van der Waals surface area contributed by atoms with Gasteiger partial charge < -0.3 is 20.1 Å². The molecule has 6 heteroatoms. The van der Waals surface area contributed by atoms with Crippen molar-refractivity contribution in [2.24, 2.45) is 5.92 Å². The Morgan fingerprint density at radius 2 is 2.28 bits per heavy atom. The molecule has 2 heterocycles. The van der Waals surface area contributed by atoms with Gasteiger partial charge in [-0.1, -0.05) is 0 Å². The molecule has 3 atom stereocenters. The van der Waals surface area contributed by atoms with E-state index in [-0.39, 0.29) is 30.5 Å². The van der Waals surface area contributed by atoms with Gasteiger partial charge in [-0.25, -0.2) is 0 Å². The average molecular weight is 279 g/mol. The van der Waals surface area contributed by atoms with Gasteiger partial charge in [-0.2, -0.15) is 0 Å². The zero-order valence-corrected chi connectivity index (χ0v) is 11.6. The van der Waals surface area contributed by atoms with Gasteiger partial charge in [-0.3, -0.25) is 4.79 Å². The Balaban J connectivity index is 0.00000162. The molecule has 2 aliphatic rings. The lowest BCUT2D eigenvalue weighted by atomic mass is 10.0. The summed E-state index contributed by atoms with van der Waals surface area (Å²) in [5.41, 5.74) is 0. The third kappa shape index (κ3) is 4.39. The first-order chi connectivity index (χ1) is 8.27. The molecule has 2 N–H and O–H groups in total. The topological polar surface area (TPSA) is 59.6 Å². The molecule has 1 amide bonds. The zero-order valence-electron chi connectivity index (χ0n) is 10.8. The van der Waals surface area contributed by atoms with Crippen molar-refractivity contribution in [3.63, 3.8) is 0 Å². The highest BCUT2D eigenvalue weighted by molar-refractivity contribution is 5.85. The summed E-state index contributed by atoms with van der Waals surface area (Å²) in [5.74, 6) is 0.510. The average Bonchev–Trinajstić information content (AvgIpc) is 2.38. The van der Waals surface area contributed by atoms with Crippen LogP contribution < -0.4 is 10.6 Å². The molecule has 0 aliphatic carbocycles. The second-order valence-corrected chi connectivity index (χ2v) is 4.84. The van der Waals surface area contributed by atoms with E-state index in [0.29, 0.717) is 19.1 Å². The molecule has 2 rings (SSSR count). The van der Waals surface area contributed by atoms with Crippen LogP contribution in [0.4, 0.5) is 0 Å². The predicted molar refractivity (Wildman–Crippen MR) is 71.0 cm³/mol. The Hall–Kier alpha value is -0.360. The minimum Gasteiger partial charge on any atom is -0.381 e. The van der Waals surface area contributed by atoms with E-state index < -0.39 is 0 Å². The molecule has 1 unspecified atom stereocenters. The standard InChI is InChI=1S/C12H22N2O3.ClH/c1-9-11(13-4-6-17-9)12(15)14-7-10-3-2-5-16-8-10;/h9-11,13H,2-8H2,1H3,(H,14,15);1H/t9-,10?,11+;/m1./s1.